The molecule has 0 spiro atoms. The zero-order chi connectivity index (χ0) is 30.8. The summed E-state index contributed by atoms with van der Waals surface area (Å²) in [4.78, 5) is 13.9. The van der Waals surface area contributed by atoms with Crippen molar-refractivity contribution in [2.75, 3.05) is 39.5 Å². The highest BCUT2D eigenvalue weighted by Gasteiger charge is 2.35. The summed E-state index contributed by atoms with van der Waals surface area (Å²) >= 11 is 0. The Bertz CT molecular complexity index is 1550. The van der Waals surface area contributed by atoms with Crippen LogP contribution in [0.2, 0.25) is 0 Å². The molecule has 6 nitrogen and oxygen atoms in total. The first-order valence-electron chi connectivity index (χ1n) is 15.9. The molecule has 3 saturated heterocycles. The smallest absolute Gasteiger partial charge is 0.166 e. The van der Waals surface area contributed by atoms with E-state index < -0.39 is 17.5 Å². The van der Waals surface area contributed by atoms with Crippen molar-refractivity contribution in [3.63, 3.8) is 0 Å². The van der Waals surface area contributed by atoms with Gasteiger partial charge in [-0.2, -0.15) is 0 Å². The molecule has 2 bridgehead atoms. The molecule has 6 rings (SSSR count). The van der Waals surface area contributed by atoms with Crippen LogP contribution in [-0.4, -0.2) is 80.0 Å². The topological polar surface area (TPSA) is 52.5 Å². The molecule has 234 valence electrons. The van der Waals surface area contributed by atoms with E-state index in [4.69, 9.17) is 9.73 Å². The maximum atomic E-state index is 16.4. The van der Waals surface area contributed by atoms with Crippen LogP contribution >= 0.6 is 0 Å². The standard InChI is InChI=1S/C35H42F3N5O/c1-22-16-29(34(39-3)32(37)28(22)17-25-9-7-8-24-10-13-30(36)33(38)31(24)25)35(43-18-26-11-12-27(19-43)41-26)40-14-5-4-6-15-42-21-44-20-23(42)2/h7-10,13,16,23,26-27,41H,3-6,11-12,14-15,17-21H2,1-2H3. The minimum absolute atomic E-state index is 0.100. The van der Waals surface area contributed by atoms with Gasteiger partial charge in [0, 0.05) is 61.7 Å². The number of hydrogen-bond donors (Lipinski definition) is 1. The summed E-state index contributed by atoms with van der Waals surface area (Å²) in [6, 6.07) is 11.1. The SMILES string of the molecule is C=Nc1c(C(=NCCCCCN2COCC2C)N2CC3CCC(C2)N3)cc(C)c(Cc2cccc3ccc(F)c(F)c23)c1F. The number of aryl methyl sites for hydroxylation is 1. The molecule has 3 aromatic rings. The summed E-state index contributed by atoms with van der Waals surface area (Å²) < 4.78 is 51.1. The Morgan fingerprint density at radius 3 is 2.57 bits per heavy atom. The zero-order valence-corrected chi connectivity index (χ0v) is 25.7. The first kappa shape index (κ1) is 30.7. The van der Waals surface area contributed by atoms with Crippen molar-refractivity contribution in [1.29, 1.82) is 0 Å². The molecular formula is C35H42F3N5O. The number of benzene rings is 3. The Kier molecular flexibility index (Phi) is 9.35. The van der Waals surface area contributed by atoms with E-state index in [2.05, 4.69) is 33.8 Å². The molecule has 3 aliphatic rings. The number of piperazine rings is 1. The predicted molar refractivity (Wildman–Crippen MR) is 171 cm³/mol. The number of fused-ring (bicyclic) bond motifs is 3. The normalized spacial score (nSPS) is 22.3. The van der Waals surface area contributed by atoms with E-state index in [0.717, 1.165) is 70.2 Å². The van der Waals surface area contributed by atoms with Crippen molar-refractivity contribution in [1.82, 2.24) is 15.1 Å². The van der Waals surface area contributed by atoms with Crippen molar-refractivity contribution in [2.24, 2.45) is 9.98 Å². The average molecular weight is 606 g/mol. The molecule has 0 aromatic heterocycles. The van der Waals surface area contributed by atoms with Gasteiger partial charge in [-0.15, -0.1) is 0 Å². The fourth-order valence-corrected chi connectivity index (χ4v) is 7.04. The lowest BCUT2D eigenvalue weighted by Crippen LogP contribution is -2.53. The number of likely N-dealkylation sites (tertiary alicyclic amines) is 1. The second kappa shape index (κ2) is 13.4. The molecule has 0 aliphatic carbocycles. The van der Waals surface area contributed by atoms with Crippen LogP contribution in [0, 0.1) is 24.4 Å². The third-order valence-corrected chi connectivity index (χ3v) is 9.47. The highest BCUT2D eigenvalue weighted by molar-refractivity contribution is 6.04. The lowest BCUT2D eigenvalue weighted by molar-refractivity contribution is 0.137. The average Bonchev–Trinajstić information content (AvgIpc) is 3.59. The number of amidine groups is 1. The molecule has 9 heteroatoms. The number of rotatable bonds is 10. The molecule has 0 amide bonds. The van der Waals surface area contributed by atoms with Crippen molar-refractivity contribution < 1.29 is 17.9 Å². The van der Waals surface area contributed by atoms with Gasteiger partial charge in [0.05, 0.1) is 13.3 Å². The van der Waals surface area contributed by atoms with Crippen LogP contribution < -0.4 is 5.32 Å². The molecule has 44 heavy (non-hydrogen) atoms. The molecular weight excluding hydrogens is 563 g/mol. The number of ether oxygens (including phenoxy) is 1. The molecule has 3 aromatic carbocycles. The predicted octanol–water partition coefficient (Wildman–Crippen LogP) is 6.52. The van der Waals surface area contributed by atoms with Crippen LogP contribution in [0.15, 0.2) is 46.4 Å². The third-order valence-electron chi connectivity index (χ3n) is 9.47. The summed E-state index contributed by atoms with van der Waals surface area (Å²) in [6.45, 7) is 12.6. The number of nitrogens with one attached hydrogen (secondary N) is 1. The van der Waals surface area contributed by atoms with Gasteiger partial charge in [-0.05, 0) is 80.5 Å². The highest BCUT2D eigenvalue weighted by Crippen LogP contribution is 2.35. The molecule has 1 N–H and O–H groups in total. The van der Waals surface area contributed by atoms with Crippen molar-refractivity contribution in [3.8, 4) is 0 Å². The lowest BCUT2D eigenvalue weighted by Gasteiger charge is -2.36. The fourth-order valence-electron chi connectivity index (χ4n) is 7.04. The Balaban J connectivity index is 1.28. The number of unbranched alkanes of at least 4 members (excludes halogenated alkanes) is 2. The van der Waals surface area contributed by atoms with Crippen LogP contribution in [0.3, 0.4) is 0 Å². The third kappa shape index (κ3) is 6.28. The van der Waals surface area contributed by atoms with Gasteiger partial charge in [0.25, 0.3) is 0 Å². The summed E-state index contributed by atoms with van der Waals surface area (Å²) in [5.41, 5.74) is 2.42. The Morgan fingerprint density at radius 2 is 1.84 bits per heavy atom. The Hall–Kier alpha value is -3.27. The van der Waals surface area contributed by atoms with Gasteiger partial charge in [-0.3, -0.25) is 14.9 Å². The first-order valence-corrected chi connectivity index (χ1v) is 15.9. The zero-order valence-electron chi connectivity index (χ0n) is 25.7. The summed E-state index contributed by atoms with van der Waals surface area (Å²) in [5, 5.41) is 4.42. The molecule has 3 fully saturated rings. The van der Waals surface area contributed by atoms with Crippen molar-refractivity contribution in [3.05, 3.63) is 76.1 Å². The summed E-state index contributed by atoms with van der Waals surface area (Å²) in [7, 11) is 0. The molecule has 3 unspecified atom stereocenters. The second-order valence-electron chi connectivity index (χ2n) is 12.6. The van der Waals surface area contributed by atoms with Gasteiger partial charge in [0.1, 0.15) is 11.5 Å². The Labute approximate surface area is 258 Å². The molecule has 0 radical (unpaired) electrons. The maximum absolute atomic E-state index is 16.4. The lowest BCUT2D eigenvalue weighted by atomic mass is 9.92. The number of halogens is 3. The van der Waals surface area contributed by atoms with E-state index >= 15 is 4.39 Å². The quantitative estimate of drug-likeness (QED) is 0.163. The van der Waals surface area contributed by atoms with Gasteiger partial charge >= 0.3 is 0 Å². The van der Waals surface area contributed by atoms with Gasteiger partial charge in [0.15, 0.2) is 17.5 Å². The van der Waals surface area contributed by atoms with E-state index in [1.807, 2.05) is 13.0 Å². The summed E-state index contributed by atoms with van der Waals surface area (Å²) in [5.74, 6) is -1.56. The van der Waals surface area contributed by atoms with E-state index in [0.29, 0.717) is 59.0 Å². The second-order valence-corrected chi connectivity index (χ2v) is 12.6. The molecule has 3 atom stereocenters. The van der Waals surface area contributed by atoms with E-state index in [1.54, 1.807) is 24.3 Å². The van der Waals surface area contributed by atoms with Crippen LogP contribution in [0.1, 0.15) is 61.3 Å². The van der Waals surface area contributed by atoms with Gasteiger partial charge in [-0.25, -0.2) is 13.2 Å². The number of hydrogen-bond acceptors (Lipinski definition) is 5. The van der Waals surface area contributed by atoms with Crippen LogP contribution in [0.4, 0.5) is 18.9 Å². The minimum atomic E-state index is -0.920. The Morgan fingerprint density at radius 1 is 1.05 bits per heavy atom. The molecule has 3 aliphatic heterocycles. The van der Waals surface area contributed by atoms with Crippen LogP contribution in [0.5, 0.6) is 0 Å². The van der Waals surface area contributed by atoms with Crippen molar-refractivity contribution in [2.45, 2.75) is 70.5 Å². The highest BCUT2D eigenvalue weighted by atomic mass is 19.2. The molecule has 0 saturated carbocycles. The van der Waals surface area contributed by atoms with E-state index in [-0.39, 0.29) is 17.5 Å². The molecule has 3 heterocycles. The fraction of sp³-hybridized carbons (Fsp3) is 0.486. The maximum Gasteiger partial charge on any atom is 0.166 e. The first-order chi connectivity index (χ1) is 21.3. The van der Waals surface area contributed by atoms with Gasteiger partial charge < -0.3 is 15.0 Å². The van der Waals surface area contributed by atoms with Gasteiger partial charge in [-0.1, -0.05) is 30.7 Å². The largest absolute Gasteiger partial charge is 0.364 e. The number of aliphatic imine (C=N–C) groups is 2. The van der Waals surface area contributed by atoms with E-state index in [1.165, 1.54) is 0 Å². The minimum Gasteiger partial charge on any atom is -0.364 e. The van der Waals surface area contributed by atoms with Crippen LogP contribution in [-0.2, 0) is 11.2 Å². The number of nitrogens with zero attached hydrogens (tertiary/aromatic N) is 4. The monoisotopic (exact) mass is 605 g/mol. The van der Waals surface area contributed by atoms with Crippen molar-refractivity contribution >= 4 is 29.0 Å². The van der Waals surface area contributed by atoms with E-state index in [9.17, 15) is 8.78 Å². The van der Waals surface area contributed by atoms with Crippen LogP contribution in [0.25, 0.3) is 10.8 Å². The van der Waals surface area contributed by atoms with Gasteiger partial charge in [0.2, 0.25) is 0 Å². The summed E-state index contributed by atoms with van der Waals surface area (Å²) in [6.07, 6.45) is 5.40.